The Morgan fingerprint density at radius 2 is 2.21 bits per heavy atom. The zero-order valence-electron chi connectivity index (χ0n) is 9.55. The second kappa shape index (κ2) is 4.82. The molecule has 1 rings (SSSR count). The van der Waals surface area contributed by atoms with Crippen molar-refractivity contribution in [2.75, 3.05) is 13.7 Å². The highest BCUT2D eigenvalue weighted by molar-refractivity contribution is 6.21. The number of methoxy groups -OCH3 is 1. The molecule has 2 nitrogen and oxygen atoms in total. The molecule has 0 heterocycles. The van der Waals surface area contributed by atoms with E-state index < -0.39 is 0 Å². The van der Waals surface area contributed by atoms with Gasteiger partial charge in [-0.15, -0.1) is 11.6 Å². The van der Waals surface area contributed by atoms with Crippen LogP contribution < -0.4 is 0 Å². The van der Waals surface area contributed by atoms with Crippen molar-refractivity contribution in [3.05, 3.63) is 0 Å². The molecule has 0 aromatic rings. The third kappa shape index (κ3) is 2.23. The Balaban J connectivity index is 2.40. The van der Waals surface area contributed by atoms with E-state index in [0.29, 0.717) is 12.7 Å². The molecule has 84 valence electrons. The summed E-state index contributed by atoms with van der Waals surface area (Å²) < 4.78 is 10.9. The topological polar surface area (TPSA) is 18.5 Å². The minimum Gasteiger partial charge on any atom is -0.382 e. The normalized spacial score (nSPS) is 39.2. The smallest absolute Gasteiger partial charge is 0.0784 e. The summed E-state index contributed by atoms with van der Waals surface area (Å²) in [5, 5.41) is 0.271. The first-order chi connectivity index (χ1) is 6.54. The predicted molar refractivity (Wildman–Crippen MR) is 58.9 cm³/mol. The molecule has 14 heavy (non-hydrogen) atoms. The van der Waals surface area contributed by atoms with Crippen molar-refractivity contribution < 1.29 is 9.47 Å². The number of hydrogen-bond acceptors (Lipinski definition) is 2. The van der Waals surface area contributed by atoms with E-state index in [0.717, 1.165) is 12.8 Å². The Bertz CT molecular complexity index is 186. The van der Waals surface area contributed by atoms with E-state index in [1.807, 2.05) is 6.92 Å². The van der Waals surface area contributed by atoms with Gasteiger partial charge in [-0.05, 0) is 19.8 Å². The highest BCUT2D eigenvalue weighted by atomic mass is 35.5. The lowest BCUT2D eigenvalue weighted by Crippen LogP contribution is -2.54. The minimum absolute atomic E-state index is 0.156. The lowest BCUT2D eigenvalue weighted by molar-refractivity contribution is -0.140. The Morgan fingerprint density at radius 3 is 2.64 bits per heavy atom. The maximum Gasteiger partial charge on any atom is 0.0784 e. The van der Waals surface area contributed by atoms with Gasteiger partial charge >= 0.3 is 0 Å². The fourth-order valence-corrected chi connectivity index (χ4v) is 2.44. The molecular weight excluding hydrogens is 200 g/mol. The van der Waals surface area contributed by atoms with Crippen molar-refractivity contribution in [1.29, 1.82) is 0 Å². The minimum atomic E-state index is 0.156. The van der Waals surface area contributed by atoms with Gasteiger partial charge < -0.3 is 9.47 Å². The van der Waals surface area contributed by atoms with Crippen molar-refractivity contribution in [2.24, 2.45) is 5.41 Å². The van der Waals surface area contributed by atoms with Crippen LogP contribution in [0.4, 0.5) is 0 Å². The average molecular weight is 221 g/mol. The molecule has 0 aromatic carbocycles. The van der Waals surface area contributed by atoms with E-state index in [-0.39, 0.29) is 16.9 Å². The molecule has 0 saturated heterocycles. The van der Waals surface area contributed by atoms with Crippen LogP contribution in [-0.4, -0.2) is 31.3 Å². The second-order valence-electron chi connectivity index (χ2n) is 4.45. The zero-order valence-corrected chi connectivity index (χ0v) is 10.3. The standard InChI is InChI=1S/C11H21ClO2/c1-5-11(3)9(12)6-10(11)14-8(2)7-13-4/h8-10H,5-7H2,1-4H3. The van der Waals surface area contributed by atoms with E-state index in [2.05, 4.69) is 13.8 Å². The highest BCUT2D eigenvalue weighted by Gasteiger charge is 2.50. The zero-order chi connectivity index (χ0) is 10.8. The monoisotopic (exact) mass is 220 g/mol. The molecule has 0 amide bonds. The third-order valence-corrected chi connectivity index (χ3v) is 4.11. The van der Waals surface area contributed by atoms with Crippen LogP contribution in [0.2, 0.25) is 0 Å². The van der Waals surface area contributed by atoms with Crippen LogP contribution in [0.25, 0.3) is 0 Å². The lowest BCUT2D eigenvalue weighted by Gasteiger charge is -2.51. The van der Waals surface area contributed by atoms with Gasteiger partial charge in [0.1, 0.15) is 0 Å². The molecule has 0 bridgehead atoms. The van der Waals surface area contributed by atoms with Crippen LogP contribution >= 0.6 is 11.6 Å². The largest absolute Gasteiger partial charge is 0.382 e. The Morgan fingerprint density at radius 1 is 1.57 bits per heavy atom. The number of rotatable bonds is 5. The quantitative estimate of drug-likeness (QED) is 0.664. The number of alkyl halides is 1. The van der Waals surface area contributed by atoms with Crippen LogP contribution in [0, 0.1) is 5.41 Å². The Kier molecular flexibility index (Phi) is 4.23. The van der Waals surface area contributed by atoms with E-state index in [1.165, 1.54) is 0 Å². The molecule has 0 spiro atoms. The lowest BCUT2D eigenvalue weighted by atomic mass is 9.65. The molecule has 0 radical (unpaired) electrons. The molecule has 4 unspecified atom stereocenters. The highest BCUT2D eigenvalue weighted by Crippen LogP contribution is 2.49. The molecule has 0 N–H and O–H groups in total. The SMILES string of the molecule is CCC1(C)C(Cl)CC1OC(C)COC. The van der Waals surface area contributed by atoms with Gasteiger partial charge in [-0.1, -0.05) is 13.8 Å². The summed E-state index contributed by atoms with van der Waals surface area (Å²) in [6.07, 6.45) is 2.52. The van der Waals surface area contributed by atoms with Gasteiger partial charge in [0, 0.05) is 17.9 Å². The molecule has 4 atom stereocenters. The van der Waals surface area contributed by atoms with E-state index in [1.54, 1.807) is 7.11 Å². The van der Waals surface area contributed by atoms with Gasteiger partial charge in [-0.2, -0.15) is 0 Å². The fourth-order valence-electron chi connectivity index (χ4n) is 1.98. The van der Waals surface area contributed by atoms with Gasteiger partial charge in [-0.25, -0.2) is 0 Å². The summed E-state index contributed by atoms with van der Waals surface area (Å²) in [5.41, 5.74) is 0.156. The van der Waals surface area contributed by atoms with E-state index in [9.17, 15) is 0 Å². The van der Waals surface area contributed by atoms with Gasteiger partial charge in [-0.3, -0.25) is 0 Å². The summed E-state index contributed by atoms with van der Waals surface area (Å²) >= 11 is 6.20. The first-order valence-corrected chi connectivity index (χ1v) is 5.76. The summed E-state index contributed by atoms with van der Waals surface area (Å²) in [5.74, 6) is 0. The maximum atomic E-state index is 6.20. The molecule has 1 saturated carbocycles. The van der Waals surface area contributed by atoms with Crippen molar-refractivity contribution in [3.8, 4) is 0 Å². The fraction of sp³-hybridized carbons (Fsp3) is 1.00. The molecule has 1 aliphatic rings. The van der Waals surface area contributed by atoms with Gasteiger partial charge in [0.2, 0.25) is 0 Å². The third-order valence-electron chi connectivity index (χ3n) is 3.43. The average Bonchev–Trinajstić information content (AvgIpc) is 2.16. The van der Waals surface area contributed by atoms with Crippen molar-refractivity contribution in [2.45, 2.75) is 51.2 Å². The molecular formula is C11H21ClO2. The Labute approximate surface area is 91.9 Å². The number of hydrogen-bond donors (Lipinski definition) is 0. The summed E-state index contributed by atoms with van der Waals surface area (Å²) in [4.78, 5) is 0. The number of halogens is 1. The molecule has 3 heteroatoms. The molecule has 0 aliphatic heterocycles. The van der Waals surface area contributed by atoms with Gasteiger partial charge in [0.05, 0.1) is 18.8 Å². The van der Waals surface area contributed by atoms with Gasteiger partial charge in [0.25, 0.3) is 0 Å². The van der Waals surface area contributed by atoms with E-state index >= 15 is 0 Å². The van der Waals surface area contributed by atoms with Crippen LogP contribution in [-0.2, 0) is 9.47 Å². The molecule has 1 aliphatic carbocycles. The summed E-state index contributed by atoms with van der Waals surface area (Å²) in [6, 6.07) is 0. The van der Waals surface area contributed by atoms with Crippen molar-refractivity contribution in [3.63, 3.8) is 0 Å². The molecule has 1 fully saturated rings. The van der Waals surface area contributed by atoms with Crippen LogP contribution in [0.3, 0.4) is 0 Å². The van der Waals surface area contributed by atoms with Crippen molar-refractivity contribution in [1.82, 2.24) is 0 Å². The first-order valence-electron chi connectivity index (χ1n) is 5.33. The summed E-state index contributed by atoms with van der Waals surface area (Å²) in [6.45, 7) is 7.08. The summed E-state index contributed by atoms with van der Waals surface area (Å²) in [7, 11) is 1.70. The number of ether oxygens (including phenoxy) is 2. The van der Waals surface area contributed by atoms with Crippen LogP contribution in [0.5, 0.6) is 0 Å². The second-order valence-corrected chi connectivity index (χ2v) is 4.98. The van der Waals surface area contributed by atoms with Gasteiger partial charge in [0.15, 0.2) is 0 Å². The van der Waals surface area contributed by atoms with Crippen molar-refractivity contribution >= 4 is 11.6 Å². The van der Waals surface area contributed by atoms with E-state index in [4.69, 9.17) is 21.1 Å². The van der Waals surface area contributed by atoms with Crippen LogP contribution in [0.15, 0.2) is 0 Å². The first kappa shape index (κ1) is 12.3. The maximum absolute atomic E-state index is 6.20. The Hall–Kier alpha value is 0.210. The van der Waals surface area contributed by atoms with Crippen LogP contribution in [0.1, 0.15) is 33.6 Å². The molecule has 0 aromatic heterocycles. The predicted octanol–water partition coefficient (Wildman–Crippen LogP) is 2.83.